The topological polar surface area (TPSA) is 75.7 Å². The molecule has 2 aliphatic heterocycles. The molecule has 0 atom stereocenters. The van der Waals surface area contributed by atoms with Gasteiger partial charge in [-0.1, -0.05) is 0 Å². The SMILES string of the molecule is OCC1CCC(C2=C3c4cc[nH]c4N=CN3NN2)CC1. The Hall–Kier alpha value is -1.79. The van der Waals surface area contributed by atoms with Crippen molar-refractivity contribution in [3.05, 3.63) is 23.5 Å². The summed E-state index contributed by atoms with van der Waals surface area (Å²) in [5, 5.41) is 11.2. The second kappa shape index (κ2) is 4.64. The summed E-state index contributed by atoms with van der Waals surface area (Å²) in [6.07, 6.45) is 8.19. The van der Waals surface area contributed by atoms with Gasteiger partial charge in [0, 0.05) is 24.3 Å². The van der Waals surface area contributed by atoms with Gasteiger partial charge in [0.05, 0.1) is 11.4 Å². The van der Waals surface area contributed by atoms with E-state index in [2.05, 4.69) is 27.0 Å². The summed E-state index contributed by atoms with van der Waals surface area (Å²) < 4.78 is 0. The average Bonchev–Trinajstić information content (AvgIpc) is 3.13. The second-order valence-electron chi connectivity index (χ2n) is 5.75. The highest BCUT2D eigenvalue weighted by Crippen LogP contribution is 2.40. The lowest BCUT2D eigenvalue weighted by Gasteiger charge is -2.28. The summed E-state index contributed by atoms with van der Waals surface area (Å²) in [6.45, 7) is 0.324. The number of aromatic nitrogens is 1. The molecule has 1 aliphatic carbocycles. The Balaban J connectivity index is 1.65. The molecule has 0 saturated heterocycles. The first-order chi connectivity index (χ1) is 9.86. The van der Waals surface area contributed by atoms with Crippen molar-refractivity contribution in [1.29, 1.82) is 0 Å². The highest BCUT2D eigenvalue weighted by Gasteiger charge is 2.33. The maximum atomic E-state index is 9.26. The van der Waals surface area contributed by atoms with Gasteiger partial charge in [0.25, 0.3) is 0 Å². The molecule has 3 aliphatic rings. The van der Waals surface area contributed by atoms with Crippen LogP contribution in [0.3, 0.4) is 0 Å². The summed E-state index contributed by atoms with van der Waals surface area (Å²) in [5.41, 5.74) is 10.1. The van der Waals surface area contributed by atoms with Crippen molar-refractivity contribution < 1.29 is 5.11 Å². The Morgan fingerprint density at radius 1 is 1.30 bits per heavy atom. The van der Waals surface area contributed by atoms with E-state index in [1.807, 2.05) is 11.2 Å². The molecular weight excluding hydrogens is 254 g/mol. The molecule has 1 fully saturated rings. The number of nitrogens with one attached hydrogen (secondary N) is 3. The van der Waals surface area contributed by atoms with E-state index in [4.69, 9.17) is 0 Å². The standard InChI is InChI=1S/C14H19N5O/c20-7-9-1-3-10(4-2-9)12-13-11-5-6-15-14(11)16-8-19(13)18-17-12/h5-6,8-10,15,17-18,20H,1-4,7H2. The van der Waals surface area contributed by atoms with Crippen LogP contribution >= 0.6 is 0 Å². The van der Waals surface area contributed by atoms with Crippen LogP contribution in [0.15, 0.2) is 23.0 Å². The van der Waals surface area contributed by atoms with Crippen LogP contribution in [0.2, 0.25) is 0 Å². The summed E-state index contributed by atoms with van der Waals surface area (Å²) in [7, 11) is 0. The van der Waals surface area contributed by atoms with Gasteiger partial charge in [-0.3, -0.25) is 0 Å². The predicted molar refractivity (Wildman–Crippen MR) is 76.5 cm³/mol. The van der Waals surface area contributed by atoms with Crippen molar-refractivity contribution in [3.63, 3.8) is 0 Å². The number of hydrogen-bond donors (Lipinski definition) is 4. The van der Waals surface area contributed by atoms with Crippen LogP contribution in [0.25, 0.3) is 5.70 Å². The van der Waals surface area contributed by atoms with Crippen LogP contribution in [0.5, 0.6) is 0 Å². The van der Waals surface area contributed by atoms with Gasteiger partial charge >= 0.3 is 0 Å². The summed E-state index contributed by atoms with van der Waals surface area (Å²) in [6, 6.07) is 2.07. The third kappa shape index (κ3) is 1.76. The van der Waals surface area contributed by atoms with Gasteiger partial charge < -0.3 is 15.5 Å². The normalized spacial score (nSPS) is 28.4. The van der Waals surface area contributed by atoms with Crippen molar-refractivity contribution in [1.82, 2.24) is 21.0 Å². The number of rotatable bonds is 2. The molecule has 4 N–H and O–H groups in total. The molecule has 6 nitrogen and oxygen atoms in total. The maximum absolute atomic E-state index is 9.26. The largest absolute Gasteiger partial charge is 0.396 e. The number of nitrogens with zero attached hydrogens (tertiary/aromatic N) is 2. The lowest BCUT2D eigenvalue weighted by Crippen LogP contribution is -2.38. The second-order valence-corrected chi connectivity index (χ2v) is 5.75. The lowest BCUT2D eigenvalue weighted by molar-refractivity contribution is 0.173. The molecule has 3 heterocycles. The number of allylic oxidation sites excluding steroid dienone is 1. The van der Waals surface area contributed by atoms with E-state index in [0.29, 0.717) is 18.4 Å². The Morgan fingerprint density at radius 3 is 2.95 bits per heavy atom. The predicted octanol–water partition coefficient (Wildman–Crippen LogP) is 1.48. The van der Waals surface area contributed by atoms with E-state index in [-0.39, 0.29) is 0 Å². The molecule has 106 valence electrons. The summed E-state index contributed by atoms with van der Waals surface area (Å²) in [4.78, 5) is 7.54. The van der Waals surface area contributed by atoms with E-state index in [1.165, 1.54) is 11.4 Å². The maximum Gasteiger partial charge on any atom is 0.141 e. The Bertz CT molecular complexity index is 568. The minimum absolute atomic E-state index is 0.324. The minimum Gasteiger partial charge on any atom is -0.396 e. The van der Waals surface area contributed by atoms with Crippen LogP contribution in [0.1, 0.15) is 31.2 Å². The quantitative estimate of drug-likeness (QED) is 0.658. The van der Waals surface area contributed by atoms with Gasteiger partial charge in [-0.05, 0) is 37.7 Å². The number of aliphatic hydroxyl groups excluding tert-OH is 1. The van der Waals surface area contributed by atoms with Crippen LogP contribution < -0.4 is 11.0 Å². The zero-order valence-electron chi connectivity index (χ0n) is 11.3. The third-order valence-corrected chi connectivity index (χ3v) is 4.60. The minimum atomic E-state index is 0.324. The molecule has 0 radical (unpaired) electrons. The molecule has 1 saturated carbocycles. The van der Waals surface area contributed by atoms with Gasteiger partial charge in [0.1, 0.15) is 12.2 Å². The first-order valence-corrected chi connectivity index (χ1v) is 7.24. The Morgan fingerprint density at radius 2 is 2.15 bits per heavy atom. The molecule has 4 rings (SSSR count). The average molecular weight is 273 g/mol. The van der Waals surface area contributed by atoms with Gasteiger partial charge in [-0.15, -0.1) is 5.53 Å². The van der Waals surface area contributed by atoms with Crippen LogP contribution in [0.4, 0.5) is 5.82 Å². The fourth-order valence-corrected chi connectivity index (χ4v) is 3.43. The van der Waals surface area contributed by atoms with Crippen molar-refractivity contribution in [2.45, 2.75) is 25.7 Å². The van der Waals surface area contributed by atoms with E-state index in [9.17, 15) is 5.11 Å². The summed E-state index contributed by atoms with van der Waals surface area (Å²) >= 11 is 0. The number of aliphatic hydroxyl groups is 1. The van der Waals surface area contributed by atoms with Crippen molar-refractivity contribution >= 4 is 17.9 Å². The molecule has 1 aromatic rings. The monoisotopic (exact) mass is 273 g/mol. The van der Waals surface area contributed by atoms with Gasteiger partial charge in [0.15, 0.2) is 0 Å². The molecule has 0 bridgehead atoms. The smallest absolute Gasteiger partial charge is 0.141 e. The molecule has 0 aromatic carbocycles. The van der Waals surface area contributed by atoms with Crippen molar-refractivity contribution in [2.75, 3.05) is 6.61 Å². The van der Waals surface area contributed by atoms with Gasteiger partial charge in [-0.25, -0.2) is 10.0 Å². The molecular formula is C14H19N5O. The number of aliphatic imine (C=N–C) groups is 1. The van der Waals surface area contributed by atoms with Crippen LogP contribution in [-0.4, -0.2) is 28.0 Å². The third-order valence-electron chi connectivity index (χ3n) is 4.60. The molecule has 0 amide bonds. The Labute approximate surface area is 117 Å². The van der Waals surface area contributed by atoms with E-state index >= 15 is 0 Å². The van der Waals surface area contributed by atoms with Crippen molar-refractivity contribution in [3.8, 4) is 0 Å². The van der Waals surface area contributed by atoms with Gasteiger partial charge in [0.2, 0.25) is 0 Å². The fraction of sp³-hybridized carbons (Fsp3) is 0.500. The highest BCUT2D eigenvalue weighted by molar-refractivity contribution is 5.87. The fourth-order valence-electron chi connectivity index (χ4n) is 3.43. The Kier molecular flexibility index (Phi) is 2.78. The molecule has 1 aromatic heterocycles. The number of hydrazine groups is 2. The first-order valence-electron chi connectivity index (χ1n) is 7.24. The van der Waals surface area contributed by atoms with Gasteiger partial charge in [-0.2, -0.15) is 0 Å². The number of H-pyrrole nitrogens is 1. The van der Waals surface area contributed by atoms with Crippen LogP contribution in [0, 0.1) is 11.8 Å². The lowest BCUT2D eigenvalue weighted by atomic mass is 9.80. The zero-order chi connectivity index (χ0) is 13.5. The number of aromatic amines is 1. The highest BCUT2D eigenvalue weighted by atomic mass is 16.3. The van der Waals surface area contributed by atoms with E-state index in [0.717, 1.165) is 37.1 Å². The van der Waals surface area contributed by atoms with Crippen LogP contribution in [-0.2, 0) is 0 Å². The zero-order valence-corrected chi connectivity index (χ0v) is 11.3. The molecule has 0 unspecified atom stereocenters. The first kappa shape index (κ1) is 12.0. The molecule has 6 heteroatoms. The number of fused-ring (bicyclic) bond motifs is 3. The van der Waals surface area contributed by atoms with Crippen molar-refractivity contribution in [2.24, 2.45) is 16.8 Å². The molecule has 0 spiro atoms. The summed E-state index contributed by atoms with van der Waals surface area (Å²) in [5.74, 6) is 1.93. The van der Waals surface area contributed by atoms with E-state index < -0.39 is 0 Å². The molecule has 20 heavy (non-hydrogen) atoms. The van der Waals surface area contributed by atoms with E-state index in [1.54, 1.807) is 6.34 Å². The number of hydrogen-bond acceptors (Lipinski definition) is 5.